The quantitative estimate of drug-likeness (QED) is 0.462. The Morgan fingerprint density at radius 3 is 1.85 bits per heavy atom. The van der Waals surface area contributed by atoms with Crippen LogP contribution < -0.4 is 0 Å². The molecule has 7 heteroatoms. The predicted molar refractivity (Wildman–Crippen MR) is 91.8 cm³/mol. The van der Waals surface area contributed by atoms with Gasteiger partial charge in [-0.1, -0.05) is 18.2 Å². The van der Waals surface area contributed by atoms with Crippen LogP contribution in [0, 0.1) is 10.1 Å². The highest BCUT2D eigenvalue weighted by Crippen LogP contribution is 2.27. The van der Waals surface area contributed by atoms with Gasteiger partial charge in [0.2, 0.25) is 0 Å². The van der Waals surface area contributed by atoms with Crippen LogP contribution in [0.1, 0.15) is 40.0 Å². The molecule has 0 heterocycles. The van der Waals surface area contributed by atoms with Gasteiger partial charge in [0.1, 0.15) is 12.2 Å². The molecule has 0 aromatic heterocycles. The van der Waals surface area contributed by atoms with E-state index in [0.717, 1.165) is 6.42 Å². The molecule has 26 heavy (non-hydrogen) atoms. The number of hydrogen-bond donors (Lipinski definition) is 0. The molecular formula is C19H17NO6. The summed E-state index contributed by atoms with van der Waals surface area (Å²) in [5, 5.41) is 10.7. The summed E-state index contributed by atoms with van der Waals surface area (Å²) in [5.74, 6) is -1.04. The summed E-state index contributed by atoms with van der Waals surface area (Å²) in [4.78, 5) is 34.6. The van der Waals surface area contributed by atoms with Crippen LogP contribution in [0.15, 0.2) is 54.6 Å². The van der Waals surface area contributed by atoms with Crippen molar-refractivity contribution in [1.29, 1.82) is 0 Å². The summed E-state index contributed by atoms with van der Waals surface area (Å²) in [7, 11) is 0. The fourth-order valence-electron chi connectivity index (χ4n) is 2.87. The molecule has 1 aliphatic rings. The number of carbonyl (C=O) groups is 2. The van der Waals surface area contributed by atoms with Crippen molar-refractivity contribution in [2.75, 3.05) is 0 Å². The van der Waals surface area contributed by atoms with Gasteiger partial charge in [-0.2, -0.15) is 0 Å². The molecule has 7 nitrogen and oxygen atoms in total. The van der Waals surface area contributed by atoms with Crippen LogP contribution >= 0.6 is 0 Å². The van der Waals surface area contributed by atoms with E-state index in [4.69, 9.17) is 9.47 Å². The summed E-state index contributed by atoms with van der Waals surface area (Å²) in [6, 6.07) is 13.8. The monoisotopic (exact) mass is 355 g/mol. The lowest BCUT2D eigenvalue weighted by molar-refractivity contribution is -0.384. The first kappa shape index (κ1) is 17.6. The van der Waals surface area contributed by atoms with Gasteiger partial charge in [-0.15, -0.1) is 0 Å². The van der Waals surface area contributed by atoms with Crippen molar-refractivity contribution in [1.82, 2.24) is 0 Å². The van der Waals surface area contributed by atoms with Crippen LogP contribution in [0.5, 0.6) is 0 Å². The molecule has 2 atom stereocenters. The Labute approximate surface area is 149 Å². The Hall–Kier alpha value is -3.22. The largest absolute Gasteiger partial charge is 0.455 e. The molecule has 1 aliphatic carbocycles. The van der Waals surface area contributed by atoms with Gasteiger partial charge in [-0.3, -0.25) is 10.1 Å². The lowest BCUT2D eigenvalue weighted by Crippen LogP contribution is -2.30. The van der Waals surface area contributed by atoms with E-state index in [1.165, 1.54) is 24.3 Å². The number of carbonyl (C=O) groups excluding carboxylic acids is 2. The van der Waals surface area contributed by atoms with E-state index >= 15 is 0 Å². The molecule has 134 valence electrons. The van der Waals surface area contributed by atoms with Crippen LogP contribution in [0.3, 0.4) is 0 Å². The zero-order chi connectivity index (χ0) is 18.5. The van der Waals surface area contributed by atoms with Gasteiger partial charge in [-0.25, -0.2) is 9.59 Å². The molecule has 2 aromatic rings. The van der Waals surface area contributed by atoms with Crippen molar-refractivity contribution < 1.29 is 24.0 Å². The molecule has 0 aliphatic heterocycles. The summed E-state index contributed by atoms with van der Waals surface area (Å²) >= 11 is 0. The summed E-state index contributed by atoms with van der Waals surface area (Å²) in [6.45, 7) is 0. The van der Waals surface area contributed by atoms with Crippen LogP contribution in [0.4, 0.5) is 5.69 Å². The van der Waals surface area contributed by atoms with Gasteiger partial charge in [0, 0.05) is 12.1 Å². The average molecular weight is 355 g/mol. The zero-order valence-electron chi connectivity index (χ0n) is 13.9. The number of esters is 2. The highest BCUT2D eigenvalue weighted by atomic mass is 16.6. The number of hydrogen-bond acceptors (Lipinski definition) is 6. The second kappa shape index (κ2) is 7.77. The van der Waals surface area contributed by atoms with Crippen LogP contribution in [-0.4, -0.2) is 29.1 Å². The van der Waals surface area contributed by atoms with Gasteiger partial charge in [-0.05, 0) is 43.5 Å². The smallest absolute Gasteiger partial charge is 0.338 e. The number of ether oxygens (including phenoxy) is 2. The van der Waals surface area contributed by atoms with E-state index in [9.17, 15) is 19.7 Å². The molecule has 1 fully saturated rings. The third kappa shape index (κ3) is 4.05. The molecule has 0 spiro atoms. The topological polar surface area (TPSA) is 95.7 Å². The standard InChI is InChI=1S/C19H17NO6/c21-18(13-5-2-1-3-6-13)25-16-7-4-8-17(16)26-19(22)14-9-11-15(12-10-14)20(23)24/h1-3,5-6,9-12,16-17H,4,7-8H2/t16-,17+/m0/s1. The normalized spacial score (nSPS) is 18.9. The minimum absolute atomic E-state index is 0.0999. The molecule has 2 aromatic carbocycles. The van der Waals surface area contributed by atoms with Crippen molar-refractivity contribution in [2.24, 2.45) is 0 Å². The molecular weight excluding hydrogens is 338 g/mol. The van der Waals surface area contributed by atoms with E-state index in [1.807, 2.05) is 0 Å². The first-order valence-electron chi connectivity index (χ1n) is 8.26. The first-order valence-corrected chi connectivity index (χ1v) is 8.26. The average Bonchev–Trinajstić information content (AvgIpc) is 3.09. The van der Waals surface area contributed by atoms with Crippen molar-refractivity contribution in [3.05, 3.63) is 75.8 Å². The number of rotatable bonds is 5. The fraction of sp³-hybridized carbons (Fsp3) is 0.263. The second-order valence-corrected chi connectivity index (χ2v) is 5.99. The molecule has 1 saturated carbocycles. The van der Waals surface area contributed by atoms with Crippen molar-refractivity contribution >= 4 is 17.6 Å². The van der Waals surface area contributed by atoms with E-state index in [2.05, 4.69) is 0 Å². The number of nitro benzene ring substituents is 1. The number of benzene rings is 2. The van der Waals surface area contributed by atoms with Gasteiger partial charge >= 0.3 is 11.9 Å². The summed E-state index contributed by atoms with van der Waals surface area (Å²) in [6.07, 6.45) is 0.989. The van der Waals surface area contributed by atoms with E-state index < -0.39 is 29.1 Å². The molecule has 0 unspecified atom stereocenters. The third-order valence-corrected chi connectivity index (χ3v) is 4.23. The predicted octanol–water partition coefficient (Wildman–Crippen LogP) is 3.53. The lowest BCUT2D eigenvalue weighted by atomic mass is 10.2. The first-order chi connectivity index (χ1) is 12.5. The Bertz CT molecular complexity index is 803. The molecule has 0 saturated heterocycles. The minimum Gasteiger partial charge on any atom is -0.455 e. The fourth-order valence-corrected chi connectivity index (χ4v) is 2.87. The highest BCUT2D eigenvalue weighted by Gasteiger charge is 2.34. The maximum absolute atomic E-state index is 12.3. The molecule has 0 radical (unpaired) electrons. The minimum atomic E-state index is -0.590. The maximum Gasteiger partial charge on any atom is 0.338 e. The SMILES string of the molecule is O=C(O[C@H]1CCC[C@H]1OC(=O)c1ccc([N+](=O)[O-])cc1)c1ccccc1. The van der Waals surface area contributed by atoms with Gasteiger partial charge in [0.05, 0.1) is 16.1 Å². The maximum atomic E-state index is 12.3. The van der Waals surface area contributed by atoms with E-state index in [-0.39, 0.29) is 11.3 Å². The Kier molecular flexibility index (Phi) is 5.26. The van der Waals surface area contributed by atoms with E-state index in [0.29, 0.717) is 18.4 Å². The Balaban J connectivity index is 1.62. The third-order valence-electron chi connectivity index (χ3n) is 4.23. The van der Waals surface area contributed by atoms with Crippen LogP contribution in [-0.2, 0) is 9.47 Å². The molecule has 3 rings (SSSR count). The number of non-ortho nitro benzene ring substituents is 1. The second-order valence-electron chi connectivity index (χ2n) is 5.99. The summed E-state index contributed by atoms with van der Waals surface area (Å²) < 4.78 is 11.0. The molecule has 0 bridgehead atoms. The Morgan fingerprint density at radius 2 is 1.35 bits per heavy atom. The Morgan fingerprint density at radius 1 is 0.846 bits per heavy atom. The van der Waals surface area contributed by atoms with Crippen molar-refractivity contribution in [3.8, 4) is 0 Å². The zero-order valence-corrected chi connectivity index (χ0v) is 13.9. The van der Waals surface area contributed by atoms with Crippen molar-refractivity contribution in [3.63, 3.8) is 0 Å². The summed E-state index contributed by atoms with van der Waals surface area (Å²) in [5.41, 5.74) is 0.563. The van der Waals surface area contributed by atoms with Crippen LogP contribution in [0.25, 0.3) is 0 Å². The van der Waals surface area contributed by atoms with Crippen LogP contribution in [0.2, 0.25) is 0 Å². The van der Waals surface area contributed by atoms with Gasteiger partial charge in [0.25, 0.3) is 5.69 Å². The van der Waals surface area contributed by atoms with E-state index in [1.54, 1.807) is 30.3 Å². The highest BCUT2D eigenvalue weighted by molar-refractivity contribution is 5.90. The van der Waals surface area contributed by atoms with Gasteiger partial charge in [0.15, 0.2) is 0 Å². The number of nitrogens with zero attached hydrogens (tertiary/aromatic N) is 1. The molecule has 0 amide bonds. The number of nitro groups is 1. The van der Waals surface area contributed by atoms with Gasteiger partial charge < -0.3 is 9.47 Å². The lowest BCUT2D eigenvalue weighted by Gasteiger charge is -2.20. The van der Waals surface area contributed by atoms with Crippen molar-refractivity contribution in [2.45, 2.75) is 31.5 Å². The molecule has 0 N–H and O–H groups in total.